The Bertz CT molecular complexity index is 439. The number of ether oxygens (including phenoxy) is 1. The van der Waals surface area contributed by atoms with Crippen LogP contribution in [0.3, 0.4) is 0 Å². The highest BCUT2D eigenvalue weighted by molar-refractivity contribution is 5.47. The van der Waals surface area contributed by atoms with Crippen LogP contribution in [-0.4, -0.2) is 37.1 Å². The van der Waals surface area contributed by atoms with Gasteiger partial charge in [-0.25, -0.2) is 4.39 Å². The largest absolute Gasteiger partial charge is 0.485 e. The number of rotatable bonds is 6. The number of nitro groups is 1. The Morgan fingerprint density at radius 2 is 2.06 bits per heavy atom. The van der Waals surface area contributed by atoms with E-state index in [4.69, 9.17) is 4.74 Å². The zero-order valence-electron chi connectivity index (χ0n) is 10.2. The summed E-state index contributed by atoms with van der Waals surface area (Å²) < 4.78 is 31.3. The molecule has 0 bridgehead atoms. The summed E-state index contributed by atoms with van der Waals surface area (Å²) in [7, 11) is 3.70. The summed E-state index contributed by atoms with van der Waals surface area (Å²) in [6, 6.07) is 1.60. The maximum atomic E-state index is 13.4. The third-order valence-corrected chi connectivity index (χ3v) is 2.22. The molecule has 18 heavy (non-hydrogen) atoms. The molecule has 0 spiro atoms. The highest BCUT2D eigenvalue weighted by Gasteiger charge is 2.22. The topological polar surface area (TPSA) is 55.6 Å². The van der Waals surface area contributed by atoms with Crippen LogP contribution in [-0.2, 0) is 0 Å². The molecule has 0 aliphatic heterocycles. The maximum absolute atomic E-state index is 13.4. The molecular formula is C11H14F2N2O3. The average Bonchev–Trinajstić information content (AvgIpc) is 2.29. The van der Waals surface area contributed by atoms with E-state index in [0.29, 0.717) is 19.0 Å². The number of hydrogen-bond acceptors (Lipinski definition) is 4. The van der Waals surface area contributed by atoms with Crippen LogP contribution in [0.4, 0.5) is 14.5 Å². The van der Waals surface area contributed by atoms with Crippen molar-refractivity contribution in [3.05, 3.63) is 33.9 Å². The zero-order valence-corrected chi connectivity index (χ0v) is 10.2. The molecule has 5 nitrogen and oxygen atoms in total. The van der Waals surface area contributed by atoms with Gasteiger partial charge in [0.05, 0.1) is 11.5 Å². The quantitative estimate of drug-likeness (QED) is 0.447. The number of nitro benzene ring substituents is 1. The van der Waals surface area contributed by atoms with Crippen LogP contribution in [0.1, 0.15) is 6.42 Å². The molecule has 0 saturated carbocycles. The minimum absolute atomic E-state index is 0.0827. The van der Waals surface area contributed by atoms with Gasteiger partial charge in [0.15, 0.2) is 5.82 Å². The molecule has 0 atom stereocenters. The van der Waals surface area contributed by atoms with Crippen molar-refractivity contribution in [2.75, 3.05) is 27.2 Å². The lowest BCUT2D eigenvalue weighted by Crippen LogP contribution is -2.16. The lowest BCUT2D eigenvalue weighted by atomic mass is 10.2. The van der Waals surface area contributed by atoms with Crippen molar-refractivity contribution in [2.45, 2.75) is 6.42 Å². The molecule has 0 unspecified atom stereocenters. The van der Waals surface area contributed by atoms with Gasteiger partial charge in [0, 0.05) is 12.6 Å². The first-order valence-electron chi connectivity index (χ1n) is 5.33. The SMILES string of the molecule is CN(C)CCCOc1c([N+](=O)[O-])ccc(F)c1F. The molecule has 1 rings (SSSR count). The van der Waals surface area contributed by atoms with Crippen LogP contribution < -0.4 is 4.74 Å². The molecule has 7 heteroatoms. The second-order valence-corrected chi connectivity index (χ2v) is 3.97. The Morgan fingerprint density at radius 1 is 1.39 bits per heavy atom. The fraction of sp³-hybridized carbons (Fsp3) is 0.455. The van der Waals surface area contributed by atoms with Gasteiger partial charge in [-0.1, -0.05) is 0 Å². The molecule has 1 aromatic carbocycles. The fourth-order valence-corrected chi connectivity index (χ4v) is 1.36. The van der Waals surface area contributed by atoms with Gasteiger partial charge in [0.1, 0.15) is 0 Å². The Balaban J connectivity index is 2.79. The van der Waals surface area contributed by atoms with Crippen molar-refractivity contribution >= 4 is 5.69 Å². The molecule has 0 aromatic heterocycles. The van der Waals surface area contributed by atoms with Gasteiger partial charge in [0.2, 0.25) is 11.6 Å². The first-order chi connectivity index (χ1) is 8.43. The highest BCUT2D eigenvalue weighted by atomic mass is 19.2. The Morgan fingerprint density at radius 3 is 2.61 bits per heavy atom. The lowest BCUT2D eigenvalue weighted by molar-refractivity contribution is -0.386. The van der Waals surface area contributed by atoms with E-state index < -0.39 is 28.0 Å². The van der Waals surface area contributed by atoms with E-state index in [9.17, 15) is 18.9 Å². The molecule has 0 heterocycles. The summed E-state index contributed by atoms with van der Waals surface area (Å²) in [6.07, 6.45) is 0.556. The van der Waals surface area contributed by atoms with Gasteiger partial charge in [0.25, 0.3) is 0 Å². The van der Waals surface area contributed by atoms with Crippen LogP contribution in [0.25, 0.3) is 0 Å². The normalized spacial score (nSPS) is 10.7. The predicted octanol–water partition coefficient (Wildman–Crippen LogP) is 2.20. The number of nitrogens with zero attached hydrogens (tertiary/aromatic N) is 2. The van der Waals surface area contributed by atoms with Crippen molar-refractivity contribution in [1.29, 1.82) is 0 Å². The van der Waals surface area contributed by atoms with Gasteiger partial charge in [-0.3, -0.25) is 10.1 Å². The number of benzene rings is 1. The first-order valence-corrected chi connectivity index (χ1v) is 5.33. The average molecular weight is 260 g/mol. The standard InChI is InChI=1S/C11H14F2N2O3/c1-14(2)6-3-7-18-11-9(15(16)17)5-4-8(12)10(11)13/h4-5H,3,6-7H2,1-2H3. The molecule has 0 fully saturated rings. The van der Waals surface area contributed by atoms with Crippen LogP contribution in [0.5, 0.6) is 5.75 Å². The maximum Gasteiger partial charge on any atom is 0.314 e. The summed E-state index contributed by atoms with van der Waals surface area (Å²) in [6.45, 7) is 0.768. The molecule has 100 valence electrons. The Hall–Kier alpha value is -1.76. The van der Waals surface area contributed by atoms with Gasteiger partial charge in [-0.15, -0.1) is 0 Å². The van der Waals surface area contributed by atoms with Crippen molar-refractivity contribution in [2.24, 2.45) is 0 Å². The van der Waals surface area contributed by atoms with Crippen molar-refractivity contribution in [3.8, 4) is 5.75 Å². The Kier molecular flexibility index (Phi) is 4.96. The number of hydrogen-bond donors (Lipinski definition) is 0. The molecule has 0 saturated heterocycles. The molecule has 0 amide bonds. The Labute approximate surface area is 103 Å². The summed E-state index contributed by atoms with van der Waals surface area (Å²) in [4.78, 5) is 11.7. The molecule has 1 aromatic rings. The van der Waals surface area contributed by atoms with E-state index in [2.05, 4.69) is 0 Å². The predicted molar refractivity (Wildman–Crippen MR) is 61.7 cm³/mol. The van der Waals surface area contributed by atoms with Crippen molar-refractivity contribution < 1.29 is 18.4 Å². The van der Waals surface area contributed by atoms with E-state index in [1.807, 2.05) is 19.0 Å². The minimum Gasteiger partial charge on any atom is -0.485 e. The van der Waals surface area contributed by atoms with Crippen LogP contribution in [0.2, 0.25) is 0 Å². The van der Waals surface area contributed by atoms with E-state index >= 15 is 0 Å². The highest BCUT2D eigenvalue weighted by Crippen LogP contribution is 2.31. The van der Waals surface area contributed by atoms with E-state index in [-0.39, 0.29) is 6.61 Å². The van der Waals surface area contributed by atoms with Crippen LogP contribution in [0, 0.1) is 21.7 Å². The molecular weight excluding hydrogens is 246 g/mol. The second kappa shape index (κ2) is 6.25. The van der Waals surface area contributed by atoms with E-state index in [1.165, 1.54) is 0 Å². The van der Waals surface area contributed by atoms with Crippen molar-refractivity contribution in [3.63, 3.8) is 0 Å². The first kappa shape index (κ1) is 14.3. The second-order valence-electron chi connectivity index (χ2n) is 3.97. The van der Waals surface area contributed by atoms with Crippen molar-refractivity contribution in [1.82, 2.24) is 4.90 Å². The molecule has 0 radical (unpaired) electrons. The summed E-state index contributed by atoms with van der Waals surface area (Å²) in [5, 5.41) is 10.7. The van der Waals surface area contributed by atoms with Gasteiger partial charge in [-0.05, 0) is 26.6 Å². The summed E-state index contributed by atoms with van der Waals surface area (Å²) in [5.41, 5.74) is -0.571. The summed E-state index contributed by atoms with van der Waals surface area (Å²) in [5.74, 6) is -3.13. The smallest absolute Gasteiger partial charge is 0.314 e. The van der Waals surface area contributed by atoms with Crippen LogP contribution >= 0.6 is 0 Å². The lowest BCUT2D eigenvalue weighted by Gasteiger charge is -2.11. The monoisotopic (exact) mass is 260 g/mol. The van der Waals surface area contributed by atoms with Crippen LogP contribution in [0.15, 0.2) is 12.1 Å². The molecule has 0 N–H and O–H groups in total. The number of halogens is 2. The third kappa shape index (κ3) is 3.63. The van der Waals surface area contributed by atoms with E-state index in [0.717, 1.165) is 6.07 Å². The van der Waals surface area contributed by atoms with Gasteiger partial charge >= 0.3 is 5.69 Å². The van der Waals surface area contributed by atoms with E-state index in [1.54, 1.807) is 0 Å². The zero-order chi connectivity index (χ0) is 13.7. The summed E-state index contributed by atoms with van der Waals surface area (Å²) >= 11 is 0. The molecule has 0 aliphatic rings. The van der Waals surface area contributed by atoms with Gasteiger partial charge in [-0.2, -0.15) is 4.39 Å². The fourth-order valence-electron chi connectivity index (χ4n) is 1.36. The third-order valence-electron chi connectivity index (χ3n) is 2.22. The van der Waals surface area contributed by atoms with Gasteiger partial charge < -0.3 is 9.64 Å². The minimum atomic E-state index is -1.32. The molecule has 0 aliphatic carbocycles.